The first-order valence-electron chi connectivity index (χ1n) is 11.0. The van der Waals surface area contributed by atoms with E-state index in [4.69, 9.17) is 10.5 Å². The molecular formula is C23H26N4O8S. The number of rotatable bonds is 10. The number of carbonyl (C=O) groups excluding carboxylic acids is 3. The second-order valence-corrected chi connectivity index (χ2v) is 10.0. The Morgan fingerprint density at radius 2 is 1.78 bits per heavy atom. The van der Waals surface area contributed by atoms with E-state index in [0.29, 0.717) is 5.56 Å². The van der Waals surface area contributed by atoms with Crippen LogP contribution in [0.15, 0.2) is 59.5 Å². The van der Waals surface area contributed by atoms with Crippen LogP contribution in [-0.4, -0.2) is 72.6 Å². The van der Waals surface area contributed by atoms with Gasteiger partial charge in [-0.1, -0.05) is 30.3 Å². The highest BCUT2D eigenvalue weighted by molar-refractivity contribution is 7.89. The van der Waals surface area contributed by atoms with Crippen molar-refractivity contribution in [2.24, 2.45) is 5.73 Å². The van der Waals surface area contributed by atoms with Gasteiger partial charge in [0.15, 0.2) is 0 Å². The van der Waals surface area contributed by atoms with Crippen molar-refractivity contribution in [1.82, 2.24) is 9.21 Å². The van der Waals surface area contributed by atoms with Gasteiger partial charge in [0.05, 0.1) is 16.9 Å². The van der Waals surface area contributed by atoms with Crippen LogP contribution in [-0.2, 0) is 35.6 Å². The van der Waals surface area contributed by atoms with E-state index < -0.39 is 44.8 Å². The summed E-state index contributed by atoms with van der Waals surface area (Å²) in [7, 11) is -3.08. The monoisotopic (exact) mass is 518 g/mol. The van der Waals surface area contributed by atoms with E-state index in [1.807, 2.05) is 0 Å². The van der Waals surface area contributed by atoms with Gasteiger partial charge in [-0.25, -0.2) is 13.2 Å². The third-order valence-corrected chi connectivity index (χ3v) is 7.84. The topological polar surface area (TPSA) is 170 Å². The molecule has 2 aromatic rings. The van der Waals surface area contributed by atoms with Gasteiger partial charge in [0.25, 0.3) is 5.69 Å². The molecule has 2 atom stereocenters. The molecule has 12 nitrogen and oxygen atoms in total. The summed E-state index contributed by atoms with van der Waals surface area (Å²) in [5.41, 5.74) is 5.64. The zero-order chi connectivity index (χ0) is 26.5. The Morgan fingerprint density at radius 1 is 1.14 bits per heavy atom. The van der Waals surface area contributed by atoms with Crippen molar-refractivity contribution in [2.45, 2.75) is 36.2 Å². The van der Waals surface area contributed by atoms with E-state index in [9.17, 15) is 32.9 Å². The fourth-order valence-corrected chi connectivity index (χ4v) is 5.67. The minimum atomic E-state index is -4.23. The molecule has 0 radical (unpaired) electrons. The van der Waals surface area contributed by atoms with Crippen molar-refractivity contribution >= 4 is 33.5 Å². The Kier molecular flexibility index (Phi) is 8.37. The number of carbonyl (C=O) groups is 3. The first kappa shape index (κ1) is 26.8. The van der Waals surface area contributed by atoms with Crippen LogP contribution in [0.2, 0.25) is 0 Å². The number of piperazine rings is 1. The van der Waals surface area contributed by atoms with Crippen molar-refractivity contribution in [3.63, 3.8) is 0 Å². The van der Waals surface area contributed by atoms with Crippen LogP contribution in [0.3, 0.4) is 0 Å². The summed E-state index contributed by atoms with van der Waals surface area (Å²) in [5, 5.41) is 11.0. The van der Waals surface area contributed by atoms with Gasteiger partial charge in [0.2, 0.25) is 21.8 Å². The molecular weight excluding hydrogens is 492 g/mol. The number of nitro groups is 1. The molecule has 0 saturated carbocycles. The zero-order valence-corrected chi connectivity index (χ0v) is 20.3. The van der Waals surface area contributed by atoms with Gasteiger partial charge >= 0.3 is 5.97 Å². The summed E-state index contributed by atoms with van der Waals surface area (Å²) < 4.78 is 32.9. The number of non-ortho nitro benzene ring substituents is 1. The molecule has 2 N–H and O–H groups in total. The van der Waals surface area contributed by atoms with Crippen LogP contribution in [0.25, 0.3) is 0 Å². The predicted octanol–water partition coefficient (Wildman–Crippen LogP) is 0.846. The molecule has 2 amide bonds. The van der Waals surface area contributed by atoms with Crippen molar-refractivity contribution in [1.29, 1.82) is 0 Å². The molecule has 2 aromatic carbocycles. The number of esters is 1. The second kappa shape index (κ2) is 11.3. The molecule has 1 aliphatic heterocycles. The predicted molar refractivity (Wildman–Crippen MR) is 127 cm³/mol. The van der Waals surface area contributed by atoms with Gasteiger partial charge in [-0.2, -0.15) is 4.31 Å². The van der Waals surface area contributed by atoms with Gasteiger partial charge in [0, 0.05) is 31.6 Å². The average Bonchev–Trinajstić information content (AvgIpc) is 2.86. The molecule has 0 unspecified atom stereocenters. The maximum atomic E-state index is 13.7. The number of benzene rings is 2. The quantitative estimate of drug-likeness (QED) is 0.274. The van der Waals surface area contributed by atoms with Crippen molar-refractivity contribution in [3.8, 4) is 0 Å². The first-order valence-corrected chi connectivity index (χ1v) is 12.5. The Balaban J connectivity index is 1.99. The molecule has 36 heavy (non-hydrogen) atoms. The van der Waals surface area contributed by atoms with Crippen LogP contribution in [0.1, 0.15) is 18.4 Å². The summed E-state index contributed by atoms with van der Waals surface area (Å²) in [6.45, 7) is -0.276. The van der Waals surface area contributed by atoms with Crippen LogP contribution in [0.5, 0.6) is 0 Å². The normalized spacial score (nSPS) is 17.4. The Bertz CT molecular complexity index is 1230. The van der Waals surface area contributed by atoms with Crippen molar-refractivity contribution in [2.75, 3.05) is 20.2 Å². The molecule has 1 heterocycles. The third kappa shape index (κ3) is 5.86. The summed E-state index contributed by atoms with van der Waals surface area (Å²) in [4.78, 5) is 48.8. The number of primary amides is 1. The van der Waals surface area contributed by atoms with Gasteiger partial charge < -0.3 is 15.4 Å². The summed E-state index contributed by atoms with van der Waals surface area (Å²) in [5.74, 6) is -2.03. The highest BCUT2D eigenvalue weighted by atomic mass is 32.2. The summed E-state index contributed by atoms with van der Waals surface area (Å²) >= 11 is 0. The fourth-order valence-electron chi connectivity index (χ4n) is 4.10. The van der Waals surface area contributed by atoms with Crippen LogP contribution in [0, 0.1) is 10.1 Å². The lowest BCUT2D eigenvalue weighted by Crippen LogP contribution is -2.62. The molecule has 0 aliphatic carbocycles. The lowest BCUT2D eigenvalue weighted by molar-refractivity contribution is -0.384. The second-order valence-electron chi connectivity index (χ2n) is 8.15. The number of nitrogens with two attached hydrogens (primary N) is 1. The largest absolute Gasteiger partial charge is 0.467 e. The number of nitrogens with zero attached hydrogens (tertiary/aromatic N) is 3. The molecule has 192 valence electrons. The molecule has 3 rings (SSSR count). The fraction of sp³-hybridized carbons (Fsp3) is 0.348. The SMILES string of the molecule is COC(=O)[C@H](CCC(N)=O)N1CCN(S(=O)(=O)c2ccc([N+](=O)[O-])cc2)[C@@H](Cc2ccccc2)C1=O. The number of hydrogen-bond donors (Lipinski definition) is 1. The van der Waals surface area contributed by atoms with E-state index in [-0.39, 0.29) is 42.9 Å². The Labute approximate surface area is 207 Å². The van der Waals surface area contributed by atoms with Crippen LogP contribution in [0.4, 0.5) is 5.69 Å². The van der Waals surface area contributed by atoms with Crippen molar-refractivity contribution < 1.29 is 32.5 Å². The number of methoxy groups -OCH3 is 1. The lowest BCUT2D eigenvalue weighted by atomic mass is 10.0. The lowest BCUT2D eigenvalue weighted by Gasteiger charge is -2.42. The number of amides is 2. The van der Waals surface area contributed by atoms with Crippen LogP contribution < -0.4 is 5.73 Å². The van der Waals surface area contributed by atoms with Gasteiger partial charge in [0.1, 0.15) is 12.1 Å². The molecule has 0 bridgehead atoms. The van der Waals surface area contributed by atoms with Crippen molar-refractivity contribution in [3.05, 3.63) is 70.3 Å². The average molecular weight is 519 g/mol. The minimum Gasteiger partial charge on any atom is -0.467 e. The van der Waals surface area contributed by atoms with E-state index >= 15 is 0 Å². The Morgan fingerprint density at radius 3 is 2.33 bits per heavy atom. The number of hydrogen-bond acceptors (Lipinski definition) is 8. The third-order valence-electron chi connectivity index (χ3n) is 5.92. The molecule has 0 spiro atoms. The summed E-state index contributed by atoms with van der Waals surface area (Å²) in [6.07, 6.45) is -0.218. The molecule has 1 aliphatic rings. The van der Waals surface area contributed by atoms with Gasteiger partial charge in [-0.05, 0) is 30.5 Å². The highest BCUT2D eigenvalue weighted by Crippen LogP contribution is 2.28. The van der Waals surface area contributed by atoms with Gasteiger partial charge in [-0.3, -0.25) is 19.7 Å². The van der Waals surface area contributed by atoms with E-state index in [2.05, 4.69) is 0 Å². The maximum Gasteiger partial charge on any atom is 0.328 e. The molecule has 13 heteroatoms. The van der Waals surface area contributed by atoms with Crippen LogP contribution >= 0.6 is 0 Å². The Hall–Kier alpha value is -3.84. The van der Waals surface area contributed by atoms with E-state index in [0.717, 1.165) is 35.7 Å². The zero-order valence-electron chi connectivity index (χ0n) is 19.5. The highest BCUT2D eigenvalue weighted by Gasteiger charge is 2.45. The van der Waals surface area contributed by atoms with E-state index in [1.54, 1.807) is 30.3 Å². The van der Waals surface area contributed by atoms with E-state index in [1.165, 1.54) is 4.90 Å². The minimum absolute atomic E-state index is 0.0199. The maximum absolute atomic E-state index is 13.7. The van der Waals surface area contributed by atoms with Gasteiger partial charge in [-0.15, -0.1) is 0 Å². The molecule has 1 fully saturated rings. The first-order chi connectivity index (χ1) is 17.1. The molecule has 0 aromatic heterocycles. The smallest absolute Gasteiger partial charge is 0.328 e. The number of nitro benzene ring substituents is 1. The summed E-state index contributed by atoms with van der Waals surface area (Å²) in [6, 6.07) is 10.8. The number of sulfonamides is 1. The number of ether oxygens (including phenoxy) is 1. The molecule has 1 saturated heterocycles. The standard InChI is InChI=1S/C23H26N4O8S/c1-35-23(30)19(11-12-21(24)28)25-13-14-26(20(22(25)29)15-16-5-3-2-4-6-16)36(33,34)18-9-7-17(8-10-18)27(31)32/h2-10,19-20H,11-15H2,1H3,(H2,24,28)/t19-,20-/m0/s1.